The van der Waals surface area contributed by atoms with E-state index < -0.39 is 11.6 Å². The van der Waals surface area contributed by atoms with Gasteiger partial charge in [-0.2, -0.15) is 0 Å². The van der Waals surface area contributed by atoms with Crippen molar-refractivity contribution in [1.82, 2.24) is 4.57 Å². The Morgan fingerprint density at radius 2 is 2.04 bits per heavy atom. The second-order valence-electron chi connectivity index (χ2n) is 6.73. The van der Waals surface area contributed by atoms with E-state index in [0.717, 1.165) is 24.2 Å². The molecule has 1 N–H and O–H groups in total. The van der Waals surface area contributed by atoms with Crippen molar-refractivity contribution in [3.8, 4) is 5.75 Å². The Morgan fingerprint density at radius 3 is 2.77 bits per heavy atom. The second-order valence-corrected chi connectivity index (χ2v) is 6.73. The summed E-state index contributed by atoms with van der Waals surface area (Å²) in [5, 5.41) is 10.2. The normalized spacial score (nSPS) is 13.9. The Balaban J connectivity index is 1.60. The molecule has 6 heteroatoms. The fourth-order valence-electron chi connectivity index (χ4n) is 3.44. The van der Waals surface area contributed by atoms with Crippen molar-refractivity contribution in [2.75, 3.05) is 0 Å². The number of hydrogen-bond acceptors (Lipinski definition) is 5. The van der Waals surface area contributed by atoms with Crippen LogP contribution in [0.15, 0.2) is 39.5 Å². The van der Waals surface area contributed by atoms with Gasteiger partial charge in [-0.15, -0.1) is 0 Å². The number of rotatable bonds is 4. The molecule has 1 aliphatic carbocycles. The van der Waals surface area contributed by atoms with Gasteiger partial charge < -0.3 is 18.8 Å². The van der Waals surface area contributed by atoms with E-state index in [1.165, 1.54) is 18.2 Å². The molecule has 6 nitrogen and oxygen atoms in total. The summed E-state index contributed by atoms with van der Waals surface area (Å²) in [5.41, 5.74) is 2.77. The zero-order valence-corrected chi connectivity index (χ0v) is 14.6. The largest absolute Gasteiger partial charge is 0.508 e. The standard InChI is InChI=1S/C20H19NO5/c1-11-7-17(12(2)21(11)14-3-4-14)20(24)25-10-13-8-19(23)26-18-9-15(22)5-6-16(13)18/h5-9,14,22H,3-4,10H2,1-2H3. The number of ether oxygens (including phenoxy) is 1. The first kappa shape index (κ1) is 16.4. The SMILES string of the molecule is Cc1cc(C(=O)OCc2cc(=O)oc3cc(O)ccc23)c(C)n1C1CC1. The van der Waals surface area contributed by atoms with E-state index in [4.69, 9.17) is 9.15 Å². The molecular weight excluding hydrogens is 334 g/mol. The molecule has 0 atom stereocenters. The number of aromatic hydroxyl groups is 1. The molecule has 1 aliphatic rings. The van der Waals surface area contributed by atoms with E-state index in [2.05, 4.69) is 4.57 Å². The lowest BCUT2D eigenvalue weighted by atomic mass is 10.1. The zero-order chi connectivity index (χ0) is 18.4. The highest BCUT2D eigenvalue weighted by Crippen LogP contribution is 2.38. The number of fused-ring (bicyclic) bond motifs is 1. The summed E-state index contributed by atoms with van der Waals surface area (Å²) in [7, 11) is 0. The number of carbonyl (C=O) groups excluding carboxylic acids is 1. The third kappa shape index (κ3) is 2.87. The predicted molar refractivity (Wildman–Crippen MR) is 95.4 cm³/mol. The van der Waals surface area contributed by atoms with Crippen LogP contribution in [0.5, 0.6) is 5.75 Å². The van der Waals surface area contributed by atoms with E-state index in [-0.39, 0.29) is 17.9 Å². The number of aromatic nitrogens is 1. The van der Waals surface area contributed by atoms with Crippen LogP contribution >= 0.6 is 0 Å². The third-order valence-corrected chi connectivity index (χ3v) is 4.79. The first-order chi connectivity index (χ1) is 12.4. The van der Waals surface area contributed by atoms with Gasteiger partial charge in [-0.25, -0.2) is 9.59 Å². The molecule has 0 saturated heterocycles. The van der Waals surface area contributed by atoms with Gasteiger partial charge in [0.05, 0.1) is 5.56 Å². The van der Waals surface area contributed by atoms with E-state index in [1.54, 1.807) is 6.07 Å². The van der Waals surface area contributed by atoms with Crippen molar-refractivity contribution in [1.29, 1.82) is 0 Å². The minimum Gasteiger partial charge on any atom is -0.508 e. The van der Waals surface area contributed by atoms with Crippen molar-refractivity contribution < 1.29 is 19.1 Å². The minimum absolute atomic E-state index is 0.00214. The molecule has 0 spiro atoms. The molecule has 4 rings (SSSR count). The van der Waals surface area contributed by atoms with Crippen LogP contribution in [0, 0.1) is 13.8 Å². The Morgan fingerprint density at radius 1 is 1.27 bits per heavy atom. The Bertz CT molecular complexity index is 1070. The van der Waals surface area contributed by atoms with Gasteiger partial charge in [-0.05, 0) is 44.9 Å². The van der Waals surface area contributed by atoms with Crippen LogP contribution in [0.25, 0.3) is 11.0 Å². The van der Waals surface area contributed by atoms with Gasteiger partial charge in [-0.1, -0.05) is 0 Å². The van der Waals surface area contributed by atoms with Gasteiger partial charge in [0.25, 0.3) is 0 Å². The van der Waals surface area contributed by atoms with Gasteiger partial charge in [0.1, 0.15) is 17.9 Å². The number of nitrogens with zero attached hydrogens (tertiary/aromatic N) is 1. The fraction of sp³-hybridized carbons (Fsp3) is 0.300. The molecular formula is C20H19NO5. The maximum atomic E-state index is 12.5. The van der Waals surface area contributed by atoms with Crippen LogP contribution in [0.2, 0.25) is 0 Å². The number of benzene rings is 1. The first-order valence-electron chi connectivity index (χ1n) is 8.55. The van der Waals surface area contributed by atoms with Crippen molar-refractivity contribution in [2.24, 2.45) is 0 Å². The number of carbonyl (C=O) groups is 1. The summed E-state index contributed by atoms with van der Waals surface area (Å²) in [6.45, 7) is 3.88. The number of phenols is 1. The summed E-state index contributed by atoms with van der Waals surface area (Å²) < 4.78 is 12.7. The predicted octanol–water partition coefficient (Wildman–Crippen LogP) is 3.61. The number of phenolic OH excluding ortho intramolecular Hbond substituents is 1. The molecule has 2 aromatic heterocycles. The summed E-state index contributed by atoms with van der Waals surface area (Å²) in [4.78, 5) is 24.3. The van der Waals surface area contributed by atoms with Crippen LogP contribution in [0.4, 0.5) is 0 Å². The van der Waals surface area contributed by atoms with Crippen molar-refractivity contribution >= 4 is 16.9 Å². The highest BCUT2D eigenvalue weighted by atomic mass is 16.5. The van der Waals surface area contributed by atoms with Crippen LogP contribution in [-0.4, -0.2) is 15.6 Å². The topological polar surface area (TPSA) is 81.7 Å². The smallest absolute Gasteiger partial charge is 0.340 e. The lowest BCUT2D eigenvalue weighted by Crippen LogP contribution is -2.09. The van der Waals surface area contributed by atoms with Crippen LogP contribution < -0.4 is 5.63 Å². The van der Waals surface area contributed by atoms with Crippen molar-refractivity contribution in [2.45, 2.75) is 39.3 Å². The van der Waals surface area contributed by atoms with E-state index >= 15 is 0 Å². The third-order valence-electron chi connectivity index (χ3n) is 4.79. The lowest BCUT2D eigenvalue weighted by molar-refractivity contribution is 0.0473. The molecule has 134 valence electrons. The molecule has 1 saturated carbocycles. The quantitative estimate of drug-likeness (QED) is 0.572. The van der Waals surface area contributed by atoms with E-state index in [0.29, 0.717) is 22.6 Å². The summed E-state index contributed by atoms with van der Waals surface area (Å²) in [5.74, 6) is -0.410. The summed E-state index contributed by atoms with van der Waals surface area (Å²) in [6, 6.07) is 8.15. The molecule has 1 aromatic carbocycles. The van der Waals surface area contributed by atoms with Gasteiger partial charge in [0.15, 0.2) is 0 Å². The Labute approximate surface area is 149 Å². The van der Waals surface area contributed by atoms with Gasteiger partial charge in [0.2, 0.25) is 0 Å². The Hall–Kier alpha value is -3.02. The number of aryl methyl sites for hydroxylation is 1. The molecule has 0 radical (unpaired) electrons. The lowest BCUT2D eigenvalue weighted by Gasteiger charge is -2.09. The van der Waals surface area contributed by atoms with Crippen molar-refractivity contribution in [3.63, 3.8) is 0 Å². The van der Waals surface area contributed by atoms with Gasteiger partial charge in [-0.3, -0.25) is 0 Å². The van der Waals surface area contributed by atoms with Crippen LogP contribution in [-0.2, 0) is 11.3 Å². The molecule has 0 bridgehead atoms. The fourth-order valence-corrected chi connectivity index (χ4v) is 3.44. The van der Waals surface area contributed by atoms with Crippen LogP contribution in [0.1, 0.15) is 46.2 Å². The number of esters is 1. The molecule has 0 aliphatic heterocycles. The monoisotopic (exact) mass is 353 g/mol. The average Bonchev–Trinajstić information content (AvgIpc) is 3.37. The maximum absolute atomic E-state index is 12.5. The maximum Gasteiger partial charge on any atom is 0.340 e. The highest BCUT2D eigenvalue weighted by Gasteiger charge is 2.28. The molecule has 0 amide bonds. The Kier molecular flexibility index (Phi) is 3.83. The van der Waals surface area contributed by atoms with Crippen molar-refractivity contribution in [3.05, 3.63) is 63.3 Å². The van der Waals surface area contributed by atoms with Crippen LogP contribution in [0.3, 0.4) is 0 Å². The second kappa shape index (κ2) is 6.05. The van der Waals surface area contributed by atoms with Gasteiger partial charge in [0, 0.05) is 40.5 Å². The average molecular weight is 353 g/mol. The molecule has 3 aromatic rings. The zero-order valence-electron chi connectivity index (χ0n) is 14.6. The van der Waals surface area contributed by atoms with E-state index in [1.807, 2.05) is 19.9 Å². The summed E-state index contributed by atoms with van der Waals surface area (Å²) in [6.07, 6.45) is 2.28. The minimum atomic E-state index is -0.555. The molecule has 1 fully saturated rings. The molecule has 26 heavy (non-hydrogen) atoms. The number of hydrogen-bond donors (Lipinski definition) is 1. The molecule has 2 heterocycles. The van der Waals surface area contributed by atoms with Gasteiger partial charge >= 0.3 is 11.6 Å². The van der Waals surface area contributed by atoms with E-state index in [9.17, 15) is 14.7 Å². The molecule has 0 unspecified atom stereocenters. The highest BCUT2D eigenvalue weighted by molar-refractivity contribution is 5.91. The first-order valence-corrected chi connectivity index (χ1v) is 8.55. The summed E-state index contributed by atoms with van der Waals surface area (Å²) >= 11 is 0.